The molecule has 5 N–H and O–H groups in total. The van der Waals surface area contributed by atoms with Crippen LogP contribution in [0.1, 0.15) is 65.7 Å². The summed E-state index contributed by atoms with van der Waals surface area (Å²) in [7, 11) is 0. The molecule has 1 rings (SSSR count). The first-order chi connectivity index (χ1) is 14.5. The van der Waals surface area contributed by atoms with Gasteiger partial charge < -0.3 is 20.8 Å². The lowest BCUT2D eigenvalue weighted by atomic mass is 9.93. The lowest BCUT2D eigenvalue weighted by Gasteiger charge is -2.26. The number of hydroxylamine groups is 2. The number of hydrogen-bond acceptors (Lipinski definition) is 8. The van der Waals surface area contributed by atoms with Crippen LogP contribution in [0.2, 0.25) is 0 Å². The molecule has 1 fully saturated rings. The number of imide groups is 1. The van der Waals surface area contributed by atoms with Gasteiger partial charge in [-0.25, -0.2) is 0 Å². The fraction of sp³-hybridized carbons (Fsp3) is 0.750. The smallest absolute Gasteiger partial charge is 0.264 e. The minimum atomic E-state index is -1.58. The van der Waals surface area contributed by atoms with Crippen LogP contribution in [0, 0.1) is 5.92 Å². The zero-order chi connectivity index (χ0) is 23.7. The number of Topliss-reactive ketones (excluding diaryl/α,β-unsaturated/α-hetero) is 1. The van der Waals surface area contributed by atoms with Gasteiger partial charge in [0, 0.05) is 12.8 Å². The third kappa shape index (κ3) is 7.67. The van der Waals surface area contributed by atoms with Crippen molar-refractivity contribution in [2.24, 2.45) is 5.92 Å². The fourth-order valence-corrected chi connectivity index (χ4v) is 3.27. The summed E-state index contributed by atoms with van der Waals surface area (Å²) in [5.74, 6) is -5.97. The highest BCUT2D eigenvalue weighted by Gasteiger charge is 2.46. The molecule has 0 saturated carbocycles. The van der Waals surface area contributed by atoms with E-state index < -0.39 is 66.0 Å². The first kappa shape index (κ1) is 26.7. The number of nitrogens with zero attached hydrogens (tertiary/aromatic N) is 1. The summed E-state index contributed by atoms with van der Waals surface area (Å²) in [6, 6.07) is -2.96. The van der Waals surface area contributed by atoms with Crippen molar-refractivity contribution < 1.29 is 39.4 Å². The van der Waals surface area contributed by atoms with E-state index in [2.05, 4.69) is 17.6 Å². The Hall–Kier alpha value is -2.37. The molecule has 0 bridgehead atoms. The Morgan fingerprint density at radius 1 is 1.00 bits per heavy atom. The molecule has 4 amide bonds. The molecule has 0 aromatic rings. The molecule has 11 nitrogen and oxygen atoms in total. The van der Waals surface area contributed by atoms with Crippen LogP contribution in [0.3, 0.4) is 0 Å². The Morgan fingerprint density at radius 2 is 1.58 bits per heavy atom. The lowest BCUT2D eigenvalue weighted by molar-refractivity contribution is -0.172. The number of hydrogen-bond donors (Lipinski definition) is 5. The number of amides is 4. The van der Waals surface area contributed by atoms with Crippen LogP contribution in [0.15, 0.2) is 0 Å². The largest absolute Gasteiger partial charge is 0.391 e. The first-order valence-electron chi connectivity index (χ1n) is 10.6. The van der Waals surface area contributed by atoms with Gasteiger partial charge in [-0.15, -0.1) is 0 Å². The summed E-state index contributed by atoms with van der Waals surface area (Å²) >= 11 is 0. The molecule has 1 aliphatic heterocycles. The molecule has 31 heavy (non-hydrogen) atoms. The summed E-state index contributed by atoms with van der Waals surface area (Å²) in [6.07, 6.45) is 1.48. The molecule has 5 atom stereocenters. The maximum Gasteiger partial charge on any atom is 0.264 e. The van der Waals surface area contributed by atoms with Crippen molar-refractivity contribution in [3.63, 3.8) is 0 Å². The molecule has 0 spiro atoms. The van der Waals surface area contributed by atoms with Crippen molar-refractivity contribution in [2.75, 3.05) is 0 Å². The minimum absolute atomic E-state index is 0.164. The quantitative estimate of drug-likeness (QED) is 0.109. The van der Waals surface area contributed by atoms with Crippen LogP contribution in [-0.2, 0) is 24.0 Å². The number of unbranched alkanes of at least 4 members (excludes halogenated alkanes) is 4. The van der Waals surface area contributed by atoms with Crippen molar-refractivity contribution in [1.82, 2.24) is 15.7 Å². The van der Waals surface area contributed by atoms with E-state index in [1.165, 1.54) is 13.8 Å². The zero-order valence-corrected chi connectivity index (χ0v) is 18.2. The second-order valence-electron chi connectivity index (χ2n) is 7.88. The summed E-state index contributed by atoms with van der Waals surface area (Å²) in [5.41, 5.74) is 0. The Labute approximate surface area is 181 Å². The molecule has 1 aliphatic rings. The van der Waals surface area contributed by atoms with Gasteiger partial charge in [0.2, 0.25) is 11.8 Å². The Morgan fingerprint density at radius 3 is 2.06 bits per heavy atom. The molecule has 0 radical (unpaired) electrons. The van der Waals surface area contributed by atoms with E-state index in [9.17, 15) is 39.4 Å². The standard InChI is InChI=1S/C20H33N3O8/c1-4-5-6-7-8-9-14(26)21-17(12(3)25)19(29)22-16(11(2)24)18(28)13-10-15(27)23(31)20(13)30/h11-13,16-17,24-25,31H,4-10H2,1-3H3,(H,21,26)(H,22,29)/t11-,12-,13?,16+,17+/m1/s1. The van der Waals surface area contributed by atoms with Gasteiger partial charge >= 0.3 is 0 Å². The Balaban J connectivity index is 2.76. The summed E-state index contributed by atoms with van der Waals surface area (Å²) in [5, 5.41) is 33.7. The second-order valence-corrected chi connectivity index (χ2v) is 7.88. The highest BCUT2D eigenvalue weighted by atomic mass is 16.5. The monoisotopic (exact) mass is 443 g/mol. The molecule has 176 valence electrons. The van der Waals surface area contributed by atoms with Crippen LogP contribution in [-0.4, -0.2) is 74.2 Å². The van der Waals surface area contributed by atoms with Gasteiger partial charge in [-0.1, -0.05) is 32.6 Å². The average Bonchev–Trinajstić information content (AvgIpc) is 2.96. The molecule has 1 unspecified atom stereocenters. The number of rotatable bonds is 13. The number of carbonyl (C=O) groups is 5. The third-order valence-corrected chi connectivity index (χ3v) is 5.14. The molecule has 1 saturated heterocycles. The van der Waals surface area contributed by atoms with Gasteiger partial charge in [0.1, 0.15) is 18.0 Å². The van der Waals surface area contributed by atoms with E-state index >= 15 is 0 Å². The number of aliphatic hydroxyl groups excluding tert-OH is 2. The second kappa shape index (κ2) is 12.5. The minimum Gasteiger partial charge on any atom is -0.391 e. The van der Waals surface area contributed by atoms with Crippen molar-refractivity contribution >= 4 is 29.4 Å². The van der Waals surface area contributed by atoms with Gasteiger partial charge in [0.05, 0.1) is 12.2 Å². The van der Waals surface area contributed by atoms with Gasteiger partial charge in [-0.05, 0) is 20.3 Å². The van der Waals surface area contributed by atoms with Gasteiger partial charge in [-0.2, -0.15) is 5.06 Å². The number of ketones is 1. The topological polar surface area (TPSA) is 173 Å². The van der Waals surface area contributed by atoms with Crippen LogP contribution in [0.5, 0.6) is 0 Å². The summed E-state index contributed by atoms with van der Waals surface area (Å²) in [6.45, 7) is 4.56. The lowest BCUT2D eigenvalue weighted by Crippen LogP contribution is -2.58. The van der Waals surface area contributed by atoms with Gasteiger partial charge in [-0.3, -0.25) is 29.2 Å². The van der Waals surface area contributed by atoms with E-state index in [-0.39, 0.29) is 11.5 Å². The van der Waals surface area contributed by atoms with Crippen LogP contribution in [0.4, 0.5) is 0 Å². The van der Waals surface area contributed by atoms with Crippen LogP contribution >= 0.6 is 0 Å². The normalized spacial score (nSPS) is 20.2. The maximum atomic E-state index is 12.6. The Kier molecular flexibility index (Phi) is 10.7. The maximum absolute atomic E-state index is 12.6. The SMILES string of the molecule is CCCCCCCC(=O)N[C@H](C(=O)N[C@H](C(=O)C1CC(=O)N(O)C1=O)[C@@H](C)O)[C@@H](C)O. The summed E-state index contributed by atoms with van der Waals surface area (Å²) < 4.78 is 0. The number of carbonyl (C=O) groups excluding carboxylic acids is 5. The Bertz CT molecular complexity index is 679. The van der Waals surface area contributed by atoms with E-state index in [1.54, 1.807) is 0 Å². The molecular weight excluding hydrogens is 410 g/mol. The van der Waals surface area contributed by atoms with Crippen molar-refractivity contribution in [2.45, 2.75) is 90.0 Å². The van der Waals surface area contributed by atoms with E-state index in [0.29, 0.717) is 6.42 Å². The first-order valence-corrected chi connectivity index (χ1v) is 10.6. The number of aliphatic hydroxyl groups is 2. The van der Waals surface area contributed by atoms with Crippen LogP contribution in [0.25, 0.3) is 0 Å². The highest BCUT2D eigenvalue weighted by molar-refractivity contribution is 6.15. The van der Waals surface area contributed by atoms with E-state index in [1.807, 2.05) is 0 Å². The van der Waals surface area contributed by atoms with E-state index in [4.69, 9.17) is 0 Å². The number of nitrogens with one attached hydrogen (secondary N) is 2. The predicted octanol–water partition coefficient (Wildman–Crippen LogP) is -0.588. The highest BCUT2D eigenvalue weighted by Crippen LogP contribution is 2.21. The molecular formula is C20H33N3O8. The molecule has 0 aromatic carbocycles. The van der Waals surface area contributed by atoms with E-state index in [0.717, 1.165) is 25.7 Å². The third-order valence-electron chi connectivity index (χ3n) is 5.14. The van der Waals surface area contributed by atoms with Crippen molar-refractivity contribution in [3.8, 4) is 0 Å². The van der Waals surface area contributed by atoms with Crippen molar-refractivity contribution in [1.29, 1.82) is 0 Å². The van der Waals surface area contributed by atoms with Gasteiger partial charge in [0.15, 0.2) is 5.78 Å². The fourth-order valence-electron chi connectivity index (χ4n) is 3.27. The molecule has 0 aromatic heterocycles. The zero-order valence-electron chi connectivity index (χ0n) is 18.2. The van der Waals surface area contributed by atoms with Crippen LogP contribution < -0.4 is 10.6 Å². The molecule has 1 heterocycles. The molecule has 0 aliphatic carbocycles. The summed E-state index contributed by atoms with van der Waals surface area (Å²) in [4.78, 5) is 60.7. The van der Waals surface area contributed by atoms with Crippen molar-refractivity contribution in [3.05, 3.63) is 0 Å². The van der Waals surface area contributed by atoms with Gasteiger partial charge in [0.25, 0.3) is 11.8 Å². The predicted molar refractivity (Wildman–Crippen MR) is 107 cm³/mol. The molecule has 11 heteroatoms. The average molecular weight is 443 g/mol.